The standard InChI is InChI=1S/C12H11N3O3/c1-7-10(3-2-4-14-7)18-11-9(13)5-8(6-15-11)12(16)17/h2-6H,13H2,1H3,(H,16,17). The molecule has 0 aliphatic carbocycles. The van der Waals surface area contributed by atoms with Crippen LogP contribution in [0, 0.1) is 6.92 Å². The van der Waals surface area contributed by atoms with Crippen molar-refractivity contribution in [3.8, 4) is 11.6 Å². The monoisotopic (exact) mass is 245 g/mol. The number of nitrogen functional groups attached to an aromatic ring is 1. The number of pyridine rings is 2. The van der Waals surface area contributed by atoms with Gasteiger partial charge in [0, 0.05) is 12.4 Å². The van der Waals surface area contributed by atoms with Crippen molar-refractivity contribution in [3.05, 3.63) is 41.9 Å². The molecular weight excluding hydrogens is 234 g/mol. The summed E-state index contributed by atoms with van der Waals surface area (Å²) >= 11 is 0. The maximum absolute atomic E-state index is 10.7. The lowest BCUT2D eigenvalue weighted by Gasteiger charge is -2.09. The minimum Gasteiger partial charge on any atom is -0.478 e. The number of hydrogen-bond donors (Lipinski definition) is 2. The van der Waals surface area contributed by atoms with Gasteiger partial charge in [0.1, 0.15) is 0 Å². The van der Waals surface area contributed by atoms with E-state index in [1.165, 1.54) is 12.3 Å². The van der Waals surface area contributed by atoms with Crippen LogP contribution in [0.1, 0.15) is 16.1 Å². The predicted molar refractivity (Wildman–Crippen MR) is 64.7 cm³/mol. The van der Waals surface area contributed by atoms with Gasteiger partial charge in [0.15, 0.2) is 5.75 Å². The van der Waals surface area contributed by atoms with E-state index in [2.05, 4.69) is 9.97 Å². The highest BCUT2D eigenvalue weighted by molar-refractivity contribution is 5.88. The SMILES string of the molecule is Cc1ncccc1Oc1ncc(C(=O)O)cc1N. The second-order valence-electron chi connectivity index (χ2n) is 3.61. The number of rotatable bonds is 3. The van der Waals surface area contributed by atoms with Crippen LogP contribution >= 0.6 is 0 Å². The molecule has 2 aromatic heterocycles. The summed E-state index contributed by atoms with van der Waals surface area (Å²) in [6.07, 6.45) is 2.84. The fraction of sp³-hybridized carbons (Fsp3) is 0.0833. The molecule has 0 aromatic carbocycles. The van der Waals surface area contributed by atoms with Gasteiger partial charge < -0.3 is 15.6 Å². The zero-order valence-electron chi connectivity index (χ0n) is 9.62. The van der Waals surface area contributed by atoms with Crippen LogP contribution in [0.4, 0.5) is 5.69 Å². The Hall–Kier alpha value is -2.63. The van der Waals surface area contributed by atoms with Crippen LogP contribution in [0.2, 0.25) is 0 Å². The maximum Gasteiger partial charge on any atom is 0.337 e. The lowest BCUT2D eigenvalue weighted by atomic mass is 10.2. The van der Waals surface area contributed by atoms with E-state index in [0.717, 1.165) is 0 Å². The van der Waals surface area contributed by atoms with Gasteiger partial charge in [-0.3, -0.25) is 4.98 Å². The lowest BCUT2D eigenvalue weighted by Crippen LogP contribution is -2.02. The molecule has 0 aliphatic heterocycles. The highest BCUT2D eigenvalue weighted by atomic mass is 16.5. The summed E-state index contributed by atoms with van der Waals surface area (Å²) in [6.45, 7) is 1.79. The summed E-state index contributed by atoms with van der Waals surface area (Å²) in [6, 6.07) is 4.76. The van der Waals surface area contributed by atoms with Gasteiger partial charge in [0.25, 0.3) is 0 Å². The van der Waals surface area contributed by atoms with Gasteiger partial charge in [-0.05, 0) is 25.1 Å². The van der Waals surface area contributed by atoms with Crippen LogP contribution in [-0.2, 0) is 0 Å². The predicted octanol–water partition coefficient (Wildman–Crippen LogP) is 1.86. The molecule has 0 spiro atoms. The molecule has 6 heteroatoms. The molecule has 0 atom stereocenters. The molecule has 18 heavy (non-hydrogen) atoms. The Balaban J connectivity index is 2.30. The van der Waals surface area contributed by atoms with E-state index < -0.39 is 5.97 Å². The van der Waals surface area contributed by atoms with Crippen LogP contribution in [0.15, 0.2) is 30.6 Å². The van der Waals surface area contributed by atoms with Crippen molar-refractivity contribution < 1.29 is 14.6 Å². The van der Waals surface area contributed by atoms with Gasteiger partial charge >= 0.3 is 5.97 Å². The van der Waals surface area contributed by atoms with E-state index in [0.29, 0.717) is 11.4 Å². The third-order valence-corrected chi connectivity index (χ3v) is 2.29. The molecule has 2 aromatic rings. The van der Waals surface area contributed by atoms with Crippen molar-refractivity contribution in [2.24, 2.45) is 0 Å². The van der Waals surface area contributed by atoms with Gasteiger partial charge in [-0.2, -0.15) is 0 Å². The number of carboxylic acid groups (broad SMARTS) is 1. The molecule has 92 valence electrons. The Morgan fingerprint density at radius 1 is 1.44 bits per heavy atom. The van der Waals surface area contributed by atoms with Gasteiger partial charge in [-0.25, -0.2) is 9.78 Å². The first-order valence-corrected chi connectivity index (χ1v) is 5.16. The van der Waals surface area contributed by atoms with Crippen LogP contribution in [0.5, 0.6) is 11.6 Å². The molecule has 0 saturated heterocycles. The third kappa shape index (κ3) is 2.37. The van der Waals surface area contributed by atoms with E-state index in [1.54, 1.807) is 25.3 Å². The summed E-state index contributed by atoms with van der Waals surface area (Å²) < 4.78 is 5.48. The van der Waals surface area contributed by atoms with E-state index in [1.807, 2.05) is 0 Å². The molecule has 3 N–H and O–H groups in total. The summed E-state index contributed by atoms with van der Waals surface area (Å²) in [5, 5.41) is 8.79. The third-order valence-electron chi connectivity index (χ3n) is 2.29. The summed E-state index contributed by atoms with van der Waals surface area (Å²) in [5.74, 6) is -0.394. The quantitative estimate of drug-likeness (QED) is 0.856. The average molecular weight is 245 g/mol. The molecule has 0 fully saturated rings. The number of aromatic nitrogens is 2. The van der Waals surface area contributed by atoms with E-state index in [4.69, 9.17) is 15.6 Å². The summed E-state index contributed by atoms with van der Waals surface area (Å²) in [7, 11) is 0. The lowest BCUT2D eigenvalue weighted by molar-refractivity contribution is 0.0696. The number of carbonyl (C=O) groups is 1. The number of aromatic carboxylic acids is 1. The molecule has 0 aliphatic rings. The highest BCUT2D eigenvalue weighted by Crippen LogP contribution is 2.26. The minimum atomic E-state index is -1.08. The topological polar surface area (TPSA) is 98.3 Å². The van der Waals surface area contributed by atoms with Crippen molar-refractivity contribution >= 4 is 11.7 Å². The second-order valence-corrected chi connectivity index (χ2v) is 3.61. The zero-order valence-corrected chi connectivity index (χ0v) is 9.62. The maximum atomic E-state index is 10.7. The number of anilines is 1. The van der Waals surface area contributed by atoms with Gasteiger partial charge in [0.2, 0.25) is 5.88 Å². The first kappa shape index (κ1) is 11.8. The summed E-state index contributed by atoms with van der Waals surface area (Å²) in [4.78, 5) is 18.7. The van der Waals surface area contributed by atoms with Crippen molar-refractivity contribution in [2.45, 2.75) is 6.92 Å². The van der Waals surface area contributed by atoms with Gasteiger partial charge in [-0.1, -0.05) is 0 Å². The fourth-order valence-corrected chi connectivity index (χ4v) is 1.35. The van der Waals surface area contributed by atoms with Crippen molar-refractivity contribution in [2.75, 3.05) is 5.73 Å². The molecule has 0 radical (unpaired) electrons. The Bertz CT molecular complexity index is 599. The van der Waals surface area contributed by atoms with E-state index in [9.17, 15) is 4.79 Å². The van der Waals surface area contributed by atoms with Gasteiger partial charge in [-0.15, -0.1) is 0 Å². The first-order chi connectivity index (χ1) is 8.58. The number of nitrogens with zero attached hydrogens (tertiary/aromatic N) is 2. The molecule has 0 unspecified atom stereocenters. The van der Waals surface area contributed by atoms with Crippen LogP contribution in [0.3, 0.4) is 0 Å². The average Bonchev–Trinajstić information content (AvgIpc) is 2.34. The molecule has 0 saturated carbocycles. The molecule has 2 rings (SSSR count). The second kappa shape index (κ2) is 4.70. The van der Waals surface area contributed by atoms with E-state index >= 15 is 0 Å². The Kier molecular flexibility index (Phi) is 3.09. The number of aryl methyl sites for hydroxylation is 1. The number of ether oxygens (including phenoxy) is 1. The molecule has 0 amide bonds. The highest BCUT2D eigenvalue weighted by Gasteiger charge is 2.10. The number of carboxylic acids is 1. The Labute approximate surface area is 103 Å². The Morgan fingerprint density at radius 2 is 2.22 bits per heavy atom. The van der Waals surface area contributed by atoms with Crippen LogP contribution in [-0.4, -0.2) is 21.0 Å². The van der Waals surface area contributed by atoms with Crippen LogP contribution in [0.25, 0.3) is 0 Å². The van der Waals surface area contributed by atoms with E-state index in [-0.39, 0.29) is 17.1 Å². The van der Waals surface area contributed by atoms with Crippen molar-refractivity contribution in [1.29, 1.82) is 0 Å². The molecule has 2 heterocycles. The molecule has 0 bridgehead atoms. The largest absolute Gasteiger partial charge is 0.478 e. The smallest absolute Gasteiger partial charge is 0.337 e. The number of nitrogens with two attached hydrogens (primary N) is 1. The number of hydrogen-bond acceptors (Lipinski definition) is 5. The van der Waals surface area contributed by atoms with Crippen molar-refractivity contribution in [1.82, 2.24) is 9.97 Å². The van der Waals surface area contributed by atoms with Crippen LogP contribution < -0.4 is 10.5 Å². The Morgan fingerprint density at radius 3 is 2.83 bits per heavy atom. The first-order valence-electron chi connectivity index (χ1n) is 5.16. The summed E-state index contributed by atoms with van der Waals surface area (Å²) in [5.41, 5.74) is 6.56. The fourth-order valence-electron chi connectivity index (χ4n) is 1.35. The molecular formula is C12H11N3O3. The zero-order chi connectivity index (χ0) is 13.1. The molecule has 6 nitrogen and oxygen atoms in total. The normalized spacial score (nSPS) is 10.1. The van der Waals surface area contributed by atoms with Gasteiger partial charge in [0.05, 0.1) is 16.9 Å². The minimum absolute atomic E-state index is 0.0164. The van der Waals surface area contributed by atoms with Crippen molar-refractivity contribution in [3.63, 3.8) is 0 Å².